The maximum Gasteiger partial charge on any atom is 0.243 e. The fourth-order valence-electron chi connectivity index (χ4n) is 2.59. The summed E-state index contributed by atoms with van der Waals surface area (Å²) in [6, 6.07) is 1.68. The molecule has 1 aliphatic rings. The molecule has 116 valence electrons. The van der Waals surface area contributed by atoms with Crippen LogP contribution in [0.25, 0.3) is 0 Å². The summed E-state index contributed by atoms with van der Waals surface area (Å²) in [6.07, 6.45) is 2.10. The van der Waals surface area contributed by atoms with Crippen molar-refractivity contribution in [2.24, 2.45) is 17.4 Å². The standard InChI is InChI=1S/C14H24N6O/c1-10(2)9-14(16,12(15)21)11-3-4-18-13(19-11)20-7-5-17-6-8-20/h3-4,10,17H,5-9,16H2,1-2H3,(H2,15,21)/t14-/m1/s1. The molecule has 2 rings (SSSR count). The Labute approximate surface area is 125 Å². The highest BCUT2D eigenvalue weighted by molar-refractivity contribution is 5.85. The summed E-state index contributed by atoms with van der Waals surface area (Å²) >= 11 is 0. The first-order valence-electron chi connectivity index (χ1n) is 7.31. The summed E-state index contributed by atoms with van der Waals surface area (Å²) < 4.78 is 0. The number of anilines is 1. The second-order valence-corrected chi connectivity index (χ2v) is 5.91. The van der Waals surface area contributed by atoms with E-state index in [1.807, 2.05) is 13.8 Å². The predicted molar refractivity (Wildman–Crippen MR) is 81.6 cm³/mol. The highest BCUT2D eigenvalue weighted by Crippen LogP contribution is 2.25. The van der Waals surface area contributed by atoms with Crippen molar-refractivity contribution in [3.63, 3.8) is 0 Å². The average molecular weight is 292 g/mol. The highest BCUT2D eigenvalue weighted by Gasteiger charge is 2.36. The number of carbonyl (C=O) groups excluding carboxylic acids is 1. The van der Waals surface area contributed by atoms with Gasteiger partial charge in [-0.1, -0.05) is 13.8 Å². The van der Waals surface area contributed by atoms with Crippen LogP contribution in [0, 0.1) is 5.92 Å². The lowest BCUT2D eigenvalue weighted by Gasteiger charge is -2.30. The normalized spacial score (nSPS) is 18.6. The summed E-state index contributed by atoms with van der Waals surface area (Å²) in [7, 11) is 0. The van der Waals surface area contributed by atoms with Gasteiger partial charge in [-0.15, -0.1) is 0 Å². The van der Waals surface area contributed by atoms with E-state index in [0.29, 0.717) is 18.1 Å². The third-order valence-corrected chi connectivity index (χ3v) is 3.67. The average Bonchev–Trinajstić information content (AvgIpc) is 2.47. The van der Waals surface area contributed by atoms with Crippen molar-refractivity contribution in [3.8, 4) is 0 Å². The van der Waals surface area contributed by atoms with E-state index < -0.39 is 11.4 Å². The molecule has 0 aliphatic carbocycles. The molecule has 0 radical (unpaired) electrons. The minimum atomic E-state index is -1.25. The smallest absolute Gasteiger partial charge is 0.243 e. The molecule has 1 aromatic heterocycles. The topological polar surface area (TPSA) is 110 Å². The Morgan fingerprint density at radius 1 is 1.48 bits per heavy atom. The number of primary amides is 1. The molecular formula is C14H24N6O. The SMILES string of the molecule is CC(C)C[C@](N)(C(N)=O)c1ccnc(N2CCNCC2)n1. The second kappa shape index (κ2) is 6.36. The number of hydrogen-bond donors (Lipinski definition) is 3. The number of piperazine rings is 1. The summed E-state index contributed by atoms with van der Waals surface area (Å²) in [5.41, 5.74) is 11.0. The molecule has 1 fully saturated rings. The van der Waals surface area contributed by atoms with Crippen molar-refractivity contribution < 1.29 is 4.79 Å². The number of carbonyl (C=O) groups is 1. The van der Waals surface area contributed by atoms with Crippen LogP contribution in [-0.2, 0) is 10.3 Å². The van der Waals surface area contributed by atoms with Gasteiger partial charge in [0.25, 0.3) is 0 Å². The van der Waals surface area contributed by atoms with Gasteiger partial charge in [-0.3, -0.25) is 4.79 Å². The third kappa shape index (κ3) is 3.48. The number of nitrogens with one attached hydrogen (secondary N) is 1. The van der Waals surface area contributed by atoms with E-state index >= 15 is 0 Å². The number of aromatic nitrogens is 2. The van der Waals surface area contributed by atoms with Crippen molar-refractivity contribution in [3.05, 3.63) is 18.0 Å². The van der Waals surface area contributed by atoms with Crippen molar-refractivity contribution in [2.45, 2.75) is 25.8 Å². The molecule has 0 spiro atoms. The van der Waals surface area contributed by atoms with Gasteiger partial charge in [0, 0.05) is 32.4 Å². The Morgan fingerprint density at radius 2 is 2.14 bits per heavy atom. The molecule has 7 heteroatoms. The van der Waals surface area contributed by atoms with Gasteiger partial charge in [0.05, 0.1) is 5.69 Å². The molecule has 7 nitrogen and oxygen atoms in total. The lowest BCUT2D eigenvalue weighted by atomic mass is 9.86. The van der Waals surface area contributed by atoms with Crippen LogP contribution in [0.4, 0.5) is 5.95 Å². The fourth-order valence-corrected chi connectivity index (χ4v) is 2.59. The van der Waals surface area contributed by atoms with Gasteiger partial charge >= 0.3 is 0 Å². The summed E-state index contributed by atoms with van der Waals surface area (Å²) in [6.45, 7) is 7.46. The quantitative estimate of drug-likeness (QED) is 0.679. The zero-order chi connectivity index (χ0) is 15.5. The Balaban J connectivity index is 2.31. The molecule has 1 atom stereocenters. The van der Waals surface area contributed by atoms with Crippen LogP contribution in [0.3, 0.4) is 0 Å². The van der Waals surface area contributed by atoms with Gasteiger partial charge in [-0.05, 0) is 18.4 Å². The Hall–Kier alpha value is -1.73. The van der Waals surface area contributed by atoms with E-state index in [9.17, 15) is 4.79 Å². The maximum atomic E-state index is 11.9. The second-order valence-electron chi connectivity index (χ2n) is 5.91. The first-order chi connectivity index (χ1) is 9.93. The molecule has 0 bridgehead atoms. The summed E-state index contributed by atoms with van der Waals surface area (Å²) in [5.74, 6) is 0.287. The van der Waals surface area contributed by atoms with E-state index in [4.69, 9.17) is 11.5 Å². The molecule has 1 saturated heterocycles. The first kappa shape index (κ1) is 15.7. The van der Waals surface area contributed by atoms with Crippen LogP contribution in [0.15, 0.2) is 12.3 Å². The maximum absolute atomic E-state index is 11.9. The van der Waals surface area contributed by atoms with Gasteiger partial charge in [-0.2, -0.15) is 0 Å². The highest BCUT2D eigenvalue weighted by atomic mass is 16.1. The van der Waals surface area contributed by atoms with Crippen LogP contribution in [0.5, 0.6) is 0 Å². The molecular weight excluding hydrogens is 268 g/mol. The lowest BCUT2D eigenvalue weighted by molar-refractivity contribution is -0.124. The number of rotatable bonds is 5. The van der Waals surface area contributed by atoms with Gasteiger partial charge in [0.2, 0.25) is 11.9 Å². The van der Waals surface area contributed by atoms with E-state index in [0.717, 1.165) is 26.2 Å². The van der Waals surface area contributed by atoms with Crippen molar-refractivity contribution in [1.29, 1.82) is 0 Å². The molecule has 1 amide bonds. The van der Waals surface area contributed by atoms with E-state index in [-0.39, 0.29) is 5.92 Å². The third-order valence-electron chi connectivity index (χ3n) is 3.67. The van der Waals surface area contributed by atoms with E-state index in [2.05, 4.69) is 20.2 Å². The molecule has 0 unspecified atom stereocenters. The fraction of sp³-hybridized carbons (Fsp3) is 0.643. The van der Waals surface area contributed by atoms with Gasteiger partial charge in [-0.25, -0.2) is 9.97 Å². The molecule has 1 aromatic rings. The Bertz CT molecular complexity index is 500. The summed E-state index contributed by atoms with van der Waals surface area (Å²) in [4.78, 5) is 22.7. The Morgan fingerprint density at radius 3 is 2.71 bits per heavy atom. The van der Waals surface area contributed by atoms with Crippen LogP contribution in [0.2, 0.25) is 0 Å². The first-order valence-corrected chi connectivity index (χ1v) is 7.31. The minimum absolute atomic E-state index is 0.236. The molecule has 0 aromatic carbocycles. The van der Waals surface area contributed by atoms with Crippen molar-refractivity contribution in [1.82, 2.24) is 15.3 Å². The van der Waals surface area contributed by atoms with E-state index in [1.54, 1.807) is 12.3 Å². The largest absolute Gasteiger partial charge is 0.368 e. The van der Waals surface area contributed by atoms with Crippen LogP contribution >= 0.6 is 0 Å². The number of nitrogens with zero attached hydrogens (tertiary/aromatic N) is 3. The van der Waals surface area contributed by atoms with Crippen molar-refractivity contribution in [2.75, 3.05) is 31.1 Å². The Kier molecular flexibility index (Phi) is 4.74. The van der Waals surface area contributed by atoms with Crippen LogP contribution in [0.1, 0.15) is 26.0 Å². The zero-order valence-electron chi connectivity index (χ0n) is 12.7. The molecule has 1 aliphatic heterocycles. The lowest BCUT2D eigenvalue weighted by Crippen LogP contribution is -2.51. The molecule has 21 heavy (non-hydrogen) atoms. The monoisotopic (exact) mass is 292 g/mol. The predicted octanol–water partition coefficient (Wildman–Crippen LogP) is -0.428. The minimum Gasteiger partial charge on any atom is -0.368 e. The number of nitrogens with two attached hydrogens (primary N) is 2. The van der Waals surface area contributed by atoms with E-state index in [1.165, 1.54) is 0 Å². The van der Waals surface area contributed by atoms with Crippen LogP contribution < -0.4 is 21.7 Å². The molecule has 0 saturated carbocycles. The van der Waals surface area contributed by atoms with Gasteiger partial charge in [0.1, 0.15) is 5.54 Å². The number of amides is 1. The van der Waals surface area contributed by atoms with Crippen LogP contribution in [-0.4, -0.2) is 42.1 Å². The zero-order valence-corrected chi connectivity index (χ0v) is 12.7. The number of hydrogen-bond acceptors (Lipinski definition) is 6. The van der Waals surface area contributed by atoms with Crippen molar-refractivity contribution >= 4 is 11.9 Å². The van der Waals surface area contributed by atoms with Gasteiger partial charge < -0.3 is 21.7 Å². The van der Waals surface area contributed by atoms with Gasteiger partial charge in [0.15, 0.2) is 0 Å². The molecule has 2 heterocycles. The molecule has 5 N–H and O–H groups in total. The summed E-state index contributed by atoms with van der Waals surface area (Å²) in [5, 5.41) is 3.28.